The Bertz CT molecular complexity index is 1350. The molecule has 2 atom stereocenters. The van der Waals surface area contributed by atoms with Gasteiger partial charge in [0.2, 0.25) is 5.91 Å². The molecule has 2 aliphatic heterocycles. The number of hydrogen-bond acceptors (Lipinski definition) is 8. The van der Waals surface area contributed by atoms with E-state index in [-0.39, 0.29) is 67.9 Å². The van der Waals surface area contributed by atoms with E-state index in [0.717, 1.165) is 6.07 Å². The summed E-state index contributed by atoms with van der Waals surface area (Å²) in [5.74, 6) is -1.18. The maximum absolute atomic E-state index is 15.1. The van der Waals surface area contributed by atoms with Gasteiger partial charge in [0, 0.05) is 31.7 Å². The Balaban J connectivity index is 1.57. The summed E-state index contributed by atoms with van der Waals surface area (Å²) in [6.07, 6.45) is -4.14. The highest BCUT2D eigenvalue weighted by molar-refractivity contribution is 5.85. The van der Waals surface area contributed by atoms with Gasteiger partial charge in [-0.3, -0.25) is 9.69 Å². The molecule has 234 valence electrons. The molecule has 1 unspecified atom stereocenters. The van der Waals surface area contributed by atoms with Crippen molar-refractivity contribution in [1.29, 1.82) is 0 Å². The number of hydrogen-bond donors (Lipinski definition) is 3. The van der Waals surface area contributed by atoms with Gasteiger partial charge in [0.1, 0.15) is 30.2 Å². The quantitative estimate of drug-likeness (QED) is 0.342. The van der Waals surface area contributed by atoms with Gasteiger partial charge in [0.25, 0.3) is 6.43 Å². The van der Waals surface area contributed by atoms with Gasteiger partial charge in [-0.05, 0) is 26.7 Å². The Hall–Kier alpha value is -3.56. The second-order valence-electron chi connectivity index (χ2n) is 11.0. The van der Waals surface area contributed by atoms with Crippen LogP contribution >= 0.6 is 0 Å². The zero-order valence-corrected chi connectivity index (χ0v) is 23.8. The molecule has 11 nitrogen and oxygen atoms in total. The van der Waals surface area contributed by atoms with E-state index < -0.39 is 60.4 Å². The lowest BCUT2D eigenvalue weighted by atomic mass is 10.0. The Labute approximate surface area is 245 Å². The second-order valence-corrected chi connectivity index (χ2v) is 11.0. The SMILES string of the molecule is Cc1nc(N[C@H](C)c2cccc(C(F)F)c2F)c(C2OCCO2)c(C(C(=O)NC2(CF)CC2)N2CCN(C(=O)O)CC2)n1. The van der Waals surface area contributed by atoms with Gasteiger partial charge in [0.05, 0.1) is 41.6 Å². The fraction of sp³-hybridized carbons (Fsp3) is 0.571. The minimum absolute atomic E-state index is 0.0208. The van der Waals surface area contributed by atoms with Crippen molar-refractivity contribution < 1.29 is 41.7 Å². The number of halogens is 4. The van der Waals surface area contributed by atoms with Gasteiger partial charge in [-0.2, -0.15) is 0 Å². The van der Waals surface area contributed by atoms with Gasteiger partial charge >= 0.3 is 6.09 Å². The van der Waals surface area contributed by atoms with E-state index in [1.54, 1.807) is 18.7 Å². The summed E-state index contributed by atoms with van der Waals surface area (Å²) in [4.78, 5) is 37.6. The second kappa shape index (κ2) is 12.6. The lowest BCUT2D eigenvalue weighted by Crippen LogP contribution is -2.54. The predicted octanol–water partition coefficient (Wildman–Crippen LogP) is 4.04. The summed E-state index contributed by atoms with van der Waals surface area (Å²) in [7, 11) is 0. The van der Waals surface area contributed by atoms with E-state index in [1.165, 1.54) is 17.0 Å². The standard InChI is InChI=1S/C28H34F4N6O5/c1-15(17-4-3-5-18(20(17)30)23(31)32)33-24-19(26-42-12-13-43-26)21(34-16(2)35-24)22(25(39)36-28(14-29)6-7-28)37-8-10-38(11-9-37)27(40)41/h3-5,15,22-23,26H,6-14H2,1-2H3,(H,36,39)(H,40,41)(H,33,34,35)/t15-,22?/m1/s1. The van der Waals surface area contributed by atoms with Crippen LogP contribution in [0.25, 0.3) is 0 Å². The number of aromatic nitrogens is 2. The van der Waals surface area contributed by atoms with Crippen LogP contribution in [0.3, 0.4) is 0 Å². The molecule has 1 aromatic carbocycles. The molecule has 3 aliphatic rings. The molecule has 1 aromatic heterocycles. The molecular formula is C28H34F4N6O5. The van der Waals surface area contributed by atoms with Crippen LogP contribution in [0, 0.1) is 12.7 Å². The van der Waals surface area contributed by atoms with E-state index >= 15 is 4.39 Å². The molecular weight excluding hydrogens is 576 g/mol. The van der Waals surface area contributed by atoms with Crippen LogP contribution in [-0.2, 0) is 14.3 Å². The van der Waals surface area contributed by atoms with Crippen molar-refractivity contribution in [3.8, 4) is 0 Å². The average molecular weight is 611 g/mol. The summed E-state index contributed by atoms with van der Waals surface area (Å²) >= 11 is 0. The zero-order valence-electron chi connectivity index (χ0n) is 23.8. The molecule has 2 amide bonds. The number of rotatable bonds is 10. The highest BCUT2D eigenvalue weighted by Crippen LogP contribution is 2.40. The molecule has 0 spiro atoms. The first-order valence-electron chi connectivity index (χ1n) is 14.1. The summed E-state index contributed by atoms with van der Waals surface area (Å²) in [5, 5.41) is 15.4. The number of piperazine rings is 1. The van der Waals surface area contributed by atoms with Crippen molar-refractivity contribution in [3.63, 3.8) is 0 Å². The first kappa shape index (κ1) is 30.9. The van der Waals surface area contributed by atoms with E-state index in [4.69, 9.17) is 9.47 Å². The molecule has 3 N–H and O–H groups in total. The van der Waals surface area contributed by atoms with E-state index in [0.29, 0.717) is 12.8 Å². The number of carbonyl (C=O) groups excluding carboxylic acids is 1. The topological polar surface area (TPSA) is 129 Å². The van der Waals surface area contributed by atoms with E-state index in [9.17, 15) is 27.9 Å². The number of nitrogens with one attached hydrogen (secondary N) is 2. The number of nitrogens with zero attached hydrogens (tertiary/aromatic N) is 4. The van der Waals surface area contributed by atoms with Crippen molar-refractivity contribution in [2.45, 2.75) is 57.0 Å². The summed E-state index contributed by atoms with van der Waals surface area (Å²) in [6.45, 7) is 3.54. The summed E-state index contributed by atoms with van der Waals surface area (Å²) in [6, 6.07) is 1.80. The number of carbonyl (C=O) groups is 2. The van der Waals surface area contributed by atoms with Crippen molar-refractivity contribution in [1.82, 2.24) is 25.1 Å². The van der Waals surface area contributed by atoms with Crippen LogP contribution in [-0.4, -0.2) is 88.5 Å². The predicted molar refractivity (Wildman–Crippen MR) is 145 cm³/mol. The number of benzene rings is 1. The molecule has 0 bridgehead atoms. The molecule has 0 radical (unpaired) electrons. The lowest BCUT2D eigenvalue weighted by Gasteiger charge is -2.38. The van der Waals surface area contributed by atoms with Crippen molar-refractivity contribution in [3.05, 3.63) is 52.2 Å². The van der Waals surface area contributed by atoms with Crippen LogP contribution in [0.1, 0.15) is 72.8 Å². The molecule has 3 fully saturated rings. The lowest BCUT2D eigenvalue weighted by molar-refractivity contribution is -0.128. The normalized spacial score (nSPS) is 20.2. The third-order valence-electron chi connectivity index (χ3n) is 8.01. The number of anilines is 1. The van der Waals surface area contributed by atoms with Crippen molar-refractivity contribution in [2.75, 3.05) is 51.4 Å². The third-order valence-corrected chi connectivity index (χ3v) is 8.01. The highest BCUT2D eigenvalue weighted by Gasteiger charge is 2.47. The summed E-state index contributed by atoms with van der Waals surface area (Å²) < 4.78 is 67.4. The Kier molecular flexibility index (Phi) is 9.04. The minimum Gasteiger partial charge on any atom is -0.465 e. The van der Waals surface area contributed by atoms with E-state index in [2.05, 4.69) is 20.6 Å². The number of ether oxygens (including phenoxy) is 2. The van der Waals surface area contributed by atoms with Gasteiger partial charge in [0.15, 0.2) is 6.29 Å². The summed E-state index contributed by atoms with van der Waals surface area (Å²) in [5.41, 5.74) is -1.26. The minimum atomic E-state index is -3.00. The Morgan fingerprint density at radius 3 is 2.35 bits per heavy atom. The molecule has 3 heterocycles. The molecule has 2 aromatic rings. The molecule has 43 heavy (non-hydrogen) atoms. The third kappa shape index (κ3) is 6.53. The van der Waals surface area contributed by atoms with Gasteiger partial charge in [-0.15, -0.1) is 0 Å². The van der Waals surface area contributed by atoms with Crippen LogP contribution in [0.2, 0.25) is 0 Å². The maximum atomic E-state index is 15.1. The Morgan fingerprint density at radius 2 is 1.77 bits per heavy atom. The fourth-order valence-corrected chi connectivity index (χ4v) is 5.44. The molecule has 5 rings (SSSR count). The molecule has 1 aliphatic carbocycles. The smallest absolute Gasteiger partial charge is 0.407 e. The molecule has 15 heteroatoms. The van der Waals surface area contributed by atoms with Crippen LogP contribution in [0.5, 0.6) is 0 Å². The van der Waals surface area contributed by atoms with Gasteiger partial charge in [-0.25, -0.2) is 32.3 Å². The largest absolute Gasteiger partial charge is 0.465 e. The maximum Gasteiger partial charge on any atom is 0.407 e. The van der Waals surface area contributed by atoms with Crippen molar-refractivity contribution in [2.24, 2.45) is 0 Å². The Morgan fingerprint density at radius 1 is 1.12 bits per heavy atom. The number of aryl methyl sites for hydroxylation is 1. The number of amides is 2. The first-order chi connectivity index (χ1) is 20.5. The average Bonchev–Trinajstić information content (AvgIpc) is 3.52. The van der Waals surface area contributed by atoms with Crippen LogP contribution in [0.15, 0.2) is 18.2 Å². The van der Waals surface area contributed by atoms with Gasteiger partial charge in [-0.1, -0.05) is 18.2 Å². The van der Waals surface area contributed by atoms with Crippen LogP contribution in [0.4, 0.5) is 28.2 Å². The van der Waals surface area contributed by atoms with E-state index in [1.807, 2.05) is 0 Å². The highest BCUT2D eigenvalue weighted by atomic mass is 19.3. The number of alkyl halides is 3. The molecule has 1 saturated carbocycles. The van der Waals surface area contributed by atoms with Crippen LogP contribution < -0.4 is 10.6 Å². The van der Waals surface area contributed by atoms with Crippen molar-refractivity contribution >= 4 is 17.8 Å². The number of carboxylic acid groups (broad SMARTS) is 1. The van der Waals surface area contributed by atoms with Gasteiger partial charge < -0.3 is 30.1 Å². The first-order valence-corrected chi connectivity index (χ1v) is 14.1. The monoisotopic (exact) mass is 610 g/mol. The zero-order chi connectivity index (χ0) is 30.9. The fourth-order valence-electron chi connectivity index (χ4n) is 5.44. The molecule has 2 saturated heterocycles.